The summed E-state index contributed by atoms with van der Waals surface area (Å²) < 4.78 is 13.4. The highest BCUT2D eigenvalue weighted by Gasteiger charge is 2.37. The number of ketones is 1. The van der Waals surface area contributed by atoms with Gasteiger partial charge in [0.05, 0.1) is 11.8 Å². The standard InChI is InChI=1S/C12H14FNO/c1-12(5-2-3-6-12)11(15)9-4-7-14-8-10(9)13/h4,7-8H,2-3,5-6H2,1H3. The van der Waals surface area contributed by atoms with E-state index in [9.17, 15) is 9.18 Å². The lowest BCUT2D eigenvalue weighted by Crippen LogP contribution is -2.25. The van der Waals surface area contributed by atoms with Gasteiger partial charge in [0.1, 0.15) is 0 Å². The van der Waals surface area contributed by atoms with Crippen molar-refractivity contribution < 1.29 is 9.18 Å². The molecular formula is C12H14FNO. The summed E-state index contributed by atoms with van der Waals surface area (Å²) in [5, 5.41) is 0. The first-order chi connectivity index (χ1) is 7.13. The molecule has 0 radical (unpaired) electrons. The first-order valence-electron chi connectivity index (χ1n) is 5.28. The normalized spacial score (nSPS) is 19.1. The first kappa shape index (κ1) is 10.3. The fourth-order valence-electron chi connectivity index (χ4n) is 2.27. The molecule has 0 bridgehead atoms. The molecule has 0 atom stereocenters. The molecule has 15 heavy (non-hydrogen) atoms. The minimum atomic E-state index is -0.504. The molecule has 0 saturated heterocycles. The van der Waals surface area contributed by atoms with Crippen LogP contribution in [0.15, 0.2) is 18.5 Å². The van der Waals surface area contributed by atoms with E-state index in [2.05, 4.69) is 4.98 Å². The number of pyridine rings is 1. The van der Waals surface area contributed by atoms with Gasteiger partial charge in [-0.1, -0.05) is 19.8 Å². The lowest BCUT2D eigenvalue weighted by molar-refractivity contribution is 0.0819. The highest BCUT2D eigenvalue weighted by atomic mass is 19.1. The summed E-state index contributed by atoms with van der Waals surface area (Å²) in [6, 6.07) is 1.47. The van der Waals surface area contributed by atoms with Gasteiger partial charge in [0, 0.05) is 11.6 Å². The molecule has 0 N–H and O–H groups in total. The molecular weight excluding hydrogens is 193 g/mol. The number of hydrogen-bond donors (Lipinski definition) is 0. The molecule has 0 aliphatic heterocycles. The molecule has 1 heterocycles. The van der Waals surface area contributed by atoms with Crippen LogP contribution in [0.4, 0.5) is 4.39 Å². The summed E-state index contributed by atoms with van der Waals surface area (Å²) in [5.74, 6) is -0.574. The van der Waals surface area contributed by atoms with Gasteiger partial charge >= 0.3 is 0 Å². The van der Waals surface area contributed by atoms with Crippen LogP contribution in [0.3, 0.4) is 0 Å². The van der Waals surface area contributed by atoms with Gasteiger partial charge in [-0.2, -0.15) is 0 Å². The average molecular weight is 207 g/mol. The van der Waals surface area contributed by atoms with Crippen molar-refractivity contribution in [2.75, 3.05) is 0 Å². The Bertz CT molecular complexity index is 383. The number of carbonyl (C=O) groups excluding carboxylic acids is 1. The summed E-state index contributed by atoms with van der Waals surface area (Å²) >= 11 is 0. The highest BCUT2D eigenvalue weighted by Crippen LogP contribution is 2.40. The number of halogens is 1. The summed E-state index contributed by atoms with van der Waals surface area (Å²) in [6.07, 6.45) is 6.44. The van der Waals surface area contributed by atoms with Crippen molar-refractivity contribution >= 4 is 5.78 Å². The van der Waals surface area contributed by atoms with Crippen molar-refractivity contribution in [3.8, 4) is 0 Å². The second-order valence-electron chi connectivity index (χ2n) is 4.45. The van der Waals surface area contributed by atoms with Crippen LogP contribution in [0.2, 0.25) is 0 Å². The molecule has 0 aromatic carbocycles. The minimum Gasteiger partial charge on any atom is -0.293 e. The van der Waals surface area contributed by atoms with Gasteiger partial charge in [0.2, 0.25) is 0 Å². The second-order valence-corrected chi connectivity index (χ2v) is 4.45. The third-order valence-electron chi connectivity index (χ3n) is 3.27. The maximum Gasteiger partial charge on any atom is 0.171 e. The number of nitrogens with zero attached hydrogens (tertiary/aromatic N) is 1. The maximum absolute atomic E-state index is 13.4. The molecule has 1 aromatic rings. The van der Waals surface area contributed by atoms with Crippen LogP contribution in [-0.2, 0) is 0 Å². The van der Waals surface area contributed by atoms with Gasteiger partial charge in [-0.3, -0.25) is 9.78 Å². The van der Waals surface area contributed by atoms with Crippen LogP contribution >= 0.6 is 0 Å². The Kier molecular flexibility index (Phi) is 2.55. The molecule has 1 fully saturated rings. The highest BCUT2D eigenvalue weighted by molar-refractivity contribution is 6.00. The number of Topliss-reactive ketones (excluding diaryl/α,β-unsaturated/α-hetero) is 1. The zero-order chi connectivity index (χ0) is 10.9. The van der Waals surface area contributed by atoms with Crippen LogP contribution in [0, 0.1) is 11.2 Å². The van der Waals surface area contributed by atoms with E-state index in [1.54, 1.807) is 0 Å². The molecule has 2 rings (SSSR count). The van der Waals surface area contributed by atoms with E-state index >= 15 is 0 Å². The van der Waals surface area contributed by atoms with Crippen molar-refractivity contribution in [2.24, 2.45) is 5.41 Å². The fraction of sp³-hybridized carbons (Fsp3) is 0.500. The Labute approximate surface area is 88.5 Å². The SMILES string of the molecule is CC1(C(=O)c2ccncc2F)CCCC1. The van der Waals surface area contributed by atoms with Crippen molar-refractivity contribution in [1.82, 2.24) is 4.98 Å². The third-order valence-corrected chi connectivity index (χ3v) is 3.27. The zero-order valence-electron chi connectivity index (χ0n) is 8.79. The predicted molar refractivity (Wildman–Crippen MR) is 55.1 cm³/mol. The van der Waals surface area contributed by atoms with Crippen molar-refractivity contribution in [1.29, 1.82) is 0 Å². The molecule has 80 valence electrons. The number of rotatable bonds is 2. The molecule has 1 aliphatic carbocycles. The van der Waals surface area contributed by atoms with Crippen LogP contribution in [0.1, 0.15) is 43.0 Å². The van der Waals surface area contributed by atoms with Gasteiger partial charge in [0.15, 0.2) is 11.6 Å². The van der Waals surface area contributed by atoms with E-state index in [-0.39, 0.29) is 16.8 Å². The van der Waals surface area contributed by atoms with Crippen LogP contribution in [0.5, 0.6) is 0 Å². The largest absolute Gasteiger partial charge is 0.293 e. The summed E-state index contributed by atoms with van der Waals surface area (Å²) in [6.45, 7) is 1.93. The first-order valence-corrected chi connectivity index (χ1v) is 5.28. The molecule has 1 saturated carbocycles. The third kappa shape index (κ3) is 1.78. The second kappa shape index (κ2) is 3.72. The fourth-order valence-corrected chi connectivity index (χ4v) is 2.27. The summed E-state index contributed by atoms with van der Waals surface area (Å²) in [4.78, 5) is 15.8. The lowest BCUT2D eigenvalue weighted by atomic mass is 9.81. The van der Waals surface area contributed by atoms with Crippen molar-refractivity contribution in [2.45, 2.75) is 32.6 Å². The Morgan fingerprint density at radius 3 is 2.73 bits per heavy atom. The van der Waals surface area contributed by atoms with Crippen LogP contribution in [-0.4, -0.2) is 10.8 Å². The Morgan fingerprint density at radius 2 is 2.13 bits per heavy atom. The maximum atomic E-state index is 13.4. The van der Waals surface area contributed by atoms with Gasteiger partial charge in [-0.05, 0) is 18.9 Å². The van der Waals surface area contributed by atoms with E-state index in [0.717, 1.165) is 31.9 Å². The van der Waals surface area contributed by atoms with E-state index in [1.807, 2.05) is 6.92 Å². The molecule has 1 aromatic heterocycles. The molecule has 0 unspecified atom stereocenters. The Hall–Kier alpha value is -1.25. The van der Waals surface area contributed by atoms with Crippen LogP contribution in [0.25, 0.3) is 0 Å². The van der Waals surface area contributed by atoms with Crippen molar-refractivity contribution in [3.63, 3.8) is 0 Å². The molecule has 0 spiro atoms. The quantitative estimate of drug-likeness (QED) is 0.698. The zero-order valence-corrected chi connectivity index (χ0v) is 8.79. The molecule has 2 nitrogen and oxygen atoms in total. The van der Waals surface area contributed by atoms with Gasteiger partial charge in [-0.25, -0.2) is 4.39 Å². The smallest absolute Gasteiger partial charge is 0.171 e. The minimum absolute atomic E-state index is 0.0695. The monoisotopic (exact) mass is 207 g/mol. The molecule has 1 aliphatic rings. The van der Waals surface area contributed by atoms with E-state index in [4.69, 9.17) is 0 Å². The number of carbonyl (C=O) groups is 1. The van der Waals surface area contributed by atoms with Gasteiger partial charge in [-0.15, -0.1) is 0 Å². The van der Waals surface area contributed by atoms with E-state index < -0.39 is 5.82 Å². The topological polar surface area (TPSA) is 30.0 Å². The van der Waals surface area contributed by atoms with Gasteiger partial charge < -0.3 is 0 Å². The van der Waals surface area contributed by atoms with Crippen molar-refractivity contribution in [3.05, 3.63) is 29.8 Å². The predicted octanol–water partition coefficient (Wildman–Crippen LogP) is 2.98. The van der Waals surface area contributed by atoms with Gasteiger partial charge in [0.25, 0.3) is 0 Å². The summed E-state index contributed by atoms with van der Waals surface area (Å²) in [7, 11) is 0. The number of hydrogen-bond acceptors (Lipinski definition) is 2. The van der Waals surface area contributed by atoms with Crippen LogP contribution < -0.4 is 0 Å². The molecule has 0 amide bonds. The molecule has 3 heteroatoms. The Balaban J connectivity index is 2.32. The summed E-state index contributed by atoms with van der Waals surface area (Å²) in [5.41, 5.74) is -0.170. The average Bonchev–Trinajstić information content (AvgIpc) is 2.66. The lowest BCUT2D eigenvalue weighted by Gasteiger charge is -2.21. The Morgan fingerprint density at radius 1 is 1.47 bits per heavy atom. The van der Waals surface area contributed by atoms with E-state index in [0.29, 0.717) is 0 Å². The number of aromatic nitrogens is 1. The van der Waals surface area contributed by atoms with E-state index in [1.165, 1.54) is 12.3 Å².